The lowest BCUT2D eigenvalue weighted by Gasteiger charge is -2.26. The predicted molar refractivity (Wildman–Crippen MR) is 59.4 cm³/mol. The quantitative estimate of drug-likeness (QED) is 0.677. The van der Waals surface area contributed by atoms with Crippen molar-refractivity contribution >= 4 is 0 Å². The zero-order chi connectivity index (χ0) is 9.80. The average Bonchev–Trinajstić information content (AvgIpc) is 2.19. The molecule has 1 heteroatoms. The molecule has 0 saturated carbocycles. The molecule has 0 spiro atoms. The van der Waals surface area contributed by atoms with E-state index in [1.54, 1.807) is 0 Å². The molecule has 1 saturated heterocycles. The Morgan fingerprint density at radius 3 is 2.71 bits per heavy atom. The highest BCUT2D eigenvalue weighted by molar-refractivity contribution is 5.16. The molecule has 1 radical (unpaired) electrons. The Bertz CT molecular complexity index is 268. The second-order valence-electron chi connectivity index (χ2n) is 4.27. The highest BCUT2D eigenvalue weighted by Crippen LogP contribution is 2.17. The number of piperidine rings is 1. The Morgan fingerprint density at radius 1 is 1.21 bits per heavy atom. The van der Waals surface area contributed by atoms with Crippen LogP contribution in [0.4, 0.5) is 0 Å². The maximum Gasteiger partial charge on any atom is 0.0289 e. The van der Waals surface area contributed by atoms with Crippen LogP contribution in [-0.4, -0.2) is 12.1 Å². The minimum atomic E-state index is 0.571. The maximum atomic E-state index is 4.78. The van der Waals surface area contributed by atoms with Gasteiger partial charge in [-0.25, -0.2) is 5.32 Å². The van der Waals surface area contributed by atoms with Gasteiger partial charge in [0.05, 0.1) is 0 Å². The van der Waals surface area contributed by atoms with Crippen molar-refractivity contribution < 1.29 is 0 Å². The van der Waals surface area contributed by atoms with Crippen LogP contribution < -0.4 is 5.32 Å². The SMILES string of the molecule is CC1CCCC(Cc2ccccc2)[N]1. The van der Waals surface area contributed by atoms with E-state index in [9.17, 15) is 0 Å². The molecule has 1 aliphatic rings. The van der Waals surface area contributed by atoms with Crippen LogP contribution in [0.15, 0.2) is 30.3 Å². The molecule has 1 nitrogen and oxygen atoms in total. The zero-order valence-electron chi connectivity index (χ0n) is 8.82. The maximum absolute atomic E-state index is 4.78. The zero-order valence-corrected chi connectivity index (χ0v) is 8.82. The van der Waals surface area contributed by atoms with E-state index in [1.165, 1.54) is 24.8 Å². The number of rotatable bonds is 2. The summed E-state index contributed by atoms with van der Waals surface area (Å²) in [7, 11) is 0. The number of hydrogen-bond donors (Lipinski definition) is 0. The molecule has 0 amide bonds. The summed E-state index contributed by atoms with van der Waals surface area (Å²) >= 11 is 0. The Morgan fingerprint density at radius 2 is 2.00 bits per heavy atom. The minimum Gasteiger partial charge on any atom is -0.235 e. The summed E-state index contributed by atoms with van der Waals surface area (Å²) in [6.07, 6.45) is 5.04. The highest BCUT2D eigenvalue weighted by Gasteiger charge is 2.18. The van der Waals surface area contributed by atoms with Crippen molar-refractivity contribution in [1.82, 2.24) is 5.32 Å². The third-order valence-corrected chi connectivity index (χ3v) is 2.94. The summed E-state index contributed by atoms with van der Waals surface area (Å²) in [6, 6.07) is 11.9. The molecular weight excluding hydrogens is 170 g/mol. The van der Waals surface area contributed by atoms with Gasteiger partial charge < -0.3 is 0 Å². The standard InChI is InChI=1S/C13H18N/c1-11-6-5-9-13(14-11)10-12-7-3-2-4-8-12/h2-4,7-8,11,13H,5-6,9-10H2,1H3. The fourth-order valence-electron chi connectivity index (χ4n) is 2.20. The van der Waals surface area contributed by atoms with Crippen LogP contribution in [0, 0.1) is 0 Å². The van der Waals surface area contributed by atoms with Gasteiger partial charge >= 0.3 is 0 Å². The normalized spacial score (nSPS) is 27.5. The van der Waals surface area contributed by atoms with E-state index in [0.717, 1.165) is 6.42 Å². The van der Waals surface area contributed by atoms with Crippen LogP contribution in [0.3, 0.4) is 0 Å². The van der Waals surface area contributed by atoms with Gasteiger partial charge in [0.25, 0.3) is 0 Å². The molecule has 1 fully saturated rings. The molecule has 2 rings (SSSR count). The van der Waals surface area contributed by atoms with Crippen molar-refractivity contribution in [3.63, 3.8) is 0 Å². The third kappa shape index (κ3) is 2.58. The molecule has 0 aromatic heterocycles. The summed E-state index contributed by atoms with van der Waals surface area (Å²) < 4.78 is 0. The van der Waals surface area contributed by atoms with Crippen molar-refractivity contribution in [3.05, 3.63) is 35.9 Å². The molecule has 1 aromatic rings. The Labute approximate surface area is 86.5 Å². The van der Waals surface area contributed by atoms with E-state index in [1.807, 2.05) is 0 Å². The smallest absolute Gasteiger partial charge is 0.0289 e. The monoisotopic (exact) mass is 188 g/mol. The van der Waals surface area contributed by atoms with Crippen LogP contribution in [0.25, 0.3) is 0 Å². The lowest BCUT2D eigenvalue weighted by atomic mass is 9.94. The predicted octanol–water partition coefficient (Wildman–Crippen LogP) is 2.77. The molecule has 2 unspecified atom stereocenters. The first-order chi connectivity index (χ1) is 6.84. The Balaban J connectivity index is 1.91. The molecule has 0 aliphatic carbocycles. The van der Waals surface area contributed by atoms with Crippen molar-refractivity contribution in [2.75, 3.05) is 0 Å². The van der Waals surface area contributed by atoms with Crippen LogP contribution in [0.1, 0.15) is 31.7 Å². The molecule has 1 heterocycles. The fraction of sp³-hybridized carbons (Fsp3) is 0.538. The van der Waals surface area contributed by atoms with E-state index >= 15 is 0 Å². The highest BCUT2D eigenvalue weighted by atomic mass is 15.0. The lowest BCUT2D eigenvalue weighted by Crippen LogP contribution is -2.35. The molecular formula is C13H18N. The lowest BCUT2D eigenvalue weighted by molar-refractivity contribution is 0.325. The van der Waals surface area contributed by atoms with Crippen LogP contribution in [0.2, 0.25) is 0 Å². The van der Waals surface area contributed by atoms with E-state index in [-0.39, 0.29) is 0 Å². The molecule has 2 atom stereocenters. The van der Waals surface area contributed by atoms with Crippen molar-refractivity contribution in [2.24, 2.45) is 0 Å². The molecule has 1 aromatic carbocycles. The van der Waals surface area contributed by atoms with Gasteiger partial charge in [0, 0.05) is 12.1 Å². The number of hydrogen-bond acceptors (Lipinski definition) is 0. The number of benzene rings is 1. The van der Waals surface area contributed by atoms with Crippen LogP contribution in [-0.2, 0) is 6.42 Å². The molecule has 14 heavy (non-hydrogen) atoms. The van der Waals surface area contributed by atoms with Crippen LogP contribution in [0.5, 0.6) is 0 Å². The summed E-state index contributed by atoms with van der Waals surface area (Å²) in [6.45, 7) is 2.23. The third-order valence-electron chi connectivity index (χ3n) is 2.94. The molecule has 75 valence electrons. The van der Waals surface area contributed by atoms with Crippen molar-refractivity contribution in [1.29, 1.82) is 0 Å². The summed E-state index contributed by atoms with van der Waals surface area (Å²) in [5.74, 6) is 0. The number of nitrogens with zero attached hydrogens (tertiary/aromatic N) is 1. The van der Waals surface area contributed by atoms with E-state index in [4.69, 9.17) is 5.32 Å². The molecule has 0 N–H and O–H groups in total. The molecule has 0 bridgehead atoms. The summed E-state index contributed by atoms with van der Waals surface area (Å²) in [5, 5.41) is 4.78. The first-order valence-electron chi connectivity index (χ1n) is 5.58. The Kier molecular flexibility index (Phi) is 3.20. The fourth-order valence-corrected chi connectivity index (χ4v) is 2.20. The van der Waals surface area contributed by atoms with Gasteiger partial charge in [-0.1, -0.05) is 36.8 Å². The minimum absolute atomic E-state index is 0.571. The van der Waals surface area contributed by atoms with E-state index in [0.29, 0.717) is 12.1 Å². The molecule has 1 aliphatic heterocycles. The van der Waals surface area contributed by atoms with Crippen molar-refractivity contribution in [3.8, 4) is 0 Å². The van der Waals surface area contributed by atoms with Gasteiger partial charge in [-0.05, 0) is 31.7 Å². The topological polar surface area (TPSA) is 14.1 Å². The van der Waals surface area contributed by atoms with Crippen molar-refractivity contribution in [2.45, 2.75) is 44.7 Å². The summed E-state index contributed by atoms with van der Waals surface area (Å²) in [4.78, 5) is 0. The largest absolute Gasteiger partial charge is 0.235 e. The summed E-state index contributed by atoms with van der Waals surface area (Å²) in [5.41, 5.74) is 1.43. The van der Waals surface area contributed by atoms with E-state index < -0.39 is 0 Å². The second kappa shape index (κ2) is 4.61. The van der Waals surface area contributed by atoms with E-state index in [2.05, 4.69) is 37.3 Å². The van der Waals surface area contributed by atoms with Gasteiger partial charge in [-0.3, -0.25) is 0 Å². The Hall–Kier alpha value is -0.820. The van der Waals surface area contributed by atoms with Gasteiger partial charge in [0.1, 0.15) is 0 Å². The second-order valence-corrected chi connectivity index (χ2v) is 4.27. The first-order valence-corrected chi connectivity index (χ1v) is 5.58. The average molecular weight is 188 g/mol. The van der Waals surface area contributed by atoms with Gasteiger partial charge in [0.2, 0.25) is 0 Å². The van der Waals surface area contributed by atoms with Gasteiger partial charge in [-0.15, -0.1) is 0 Å². The van der Waals surface area contributed by atoms with Crippen LogP contribution >= 0.6 is 0 Å². The first kappa shape index (κ1) is 9.72. The van der Waals surface area contributed by atoms with Gasteiger partial charge in [-0.2, -0.15) is 0 Å². The van der Waals surface area contributed by atoms with Gasteiger partial charge in [0.15, 0.2) is 0 Å².